The van der Waals surface area contributed by atoms with E-state index in [1.807, 2.05) is 0 Å². The quantitative estimate of drug-likeness (QED) is 0.797. The topological polar surface area (TPSA) is 83.8 Å². The number of methoxy groups -OCH3 is 1. The molecule has 2 N–H and O–H groups in total. The maximum atomic E-state index is 11.9. The third-order valence-corrected chi connectivity index (χ3v) is 3.56. The van der Waals surface area contributed by atoms with Gasteiger partial charge in [0.2, 0.25) is 0 Å². The van der Waals surface area contributed by atoms with E-state index < -0.39 is 25.0 Å². The minimum Gasteiger partial charge on any atom is -0.497 e. The molecule has 0 saturated carbocycles. The summed E-state index contributed by atoms with van der Waals surface area (Å²) < 4.78 is 15.9. The summed E-state index contributed by atoms with van der Waals surface area (Å²) in [7, 11) is -2.79. The van der Waals surface area contributed by atoms with Gasteiger partial charge in [-0.05, 0) is 31.5 Å². The number of ketones is 1. The van der Waals surface area contributed by atoms with Crippen molar-refractivity contribution in [3.63, 3.8) is 0 Å². The lowest BCUT2D eigenvalue weighted by molar-refractivity contribution is -0.121. The molecule has 0 amide bonds. The Labute approximate surface area is 106 Å². The van der Waals surface area contributed by atoms with Crippen LogP contribution in [0, 0.1) is 0 Å². The maximum absolute atomic E-state index is 11.9. The van der Waals surface area contributed by atoms with E-state index in [4.69, 9.17) is 14.5 Å². The molecule has 0 aliphatic rings. The molecular weight excluding hydrogens is 255 g/mol. The summed E-state index contributed by atoms with van der Waals surface area (Å²) in [5.41, 5.74) is -0.241. The van der Waals surface area contributed by atoms with Crippen molar-refractivity contribution >= 4 is 13.4 Å². The van der Waals surface area contributed by atoms with Crippen molar-refractivity contribution in [1.82, 2.24) is 0 Å². The number of hydrogen-bond acceptors (Lipinski definition) is 3. The number of carbonyl (C=O) groups excluding carboxylic acids is 1. The van der Waals surface area contributed by atoms with Gasteiger partial charge in [0.05, 0.1) is 7.11 Å². The third-order valence-electron chi connectivity index (χ3n) is 2.86. The predicted molar refractivity (Wildman–Crippen MR) is 67.9 cm³/mol. The van der Waals surface area contributed by atoms with Crippen LogP contribution in [0.2, 0.25) is 0 Å². The zero-order chi connectivity index (χ0) is 14.0. The van der Waals surface area contributed by atoms with Crippen LogP contribution in [0.15, 0.2) is 24.3 Å². The summed E-state index contributed by atoms with van der Waals surface area (Å²) in [5, 5.41) is 0. The van der Waals surface area contributed by atoms with Gasteiger partial charge in [0, 0.05) is 5.41 Å². The Morgan fingerprint density at radius 2 is 1.78 bits per heavy atom. The minimum absolute atomic E-state index is 0.485. The van der Waals surface area contributed by atoms with Crippen LogP contribution in [0.3, 0.4) is 0 Å². The van der Waals surface area contributed by atoms with Gasteiger partial charge in [-0.2, -0.15) is 0 Å². The molecule has 6 heteroatoms. The Morgan fingerprint density at radius 1 is 1.28 bits per heavy atom. The van der Waals surface area contributed by atoms with Crippen molar-refractivity contribution in [3.8, 4) is 5.75 Å². The van der Waals surface area contributed by atoms with E-state index in [-0.39, 0.29) is 0 Å². The van der Waals surface area contributed by atoms with Crippen LogP contribution in [-0.2, 0) is 14.8 Å². The second kappa shape index (κ2) is 5.22. The Bertz CT molecular complexity index is 472. The molecule has 0 bridgehead atoms. The molecule has 0 fully saturated rings. The highest BCUT2D eigenvalue weighted by Gasteiger charge is 2.33. The lowest BCUT2D eigenvalue weighted by atomic mass is 9.81. The highest BCUT2D eigenvalue weighted by Crippen LogP contribution is 2.38. The molecule has 1 aromatic rings. The molecule has 0 aliphatic carbocycles. The number of rotatable bonds is 5. The highest BCUT2D eigenvalue weighted by molar-refractivity contribution is 7.52. The van der Waals surface area contributed by atoms with E-state index >= 15 is 0 Å². The molecule has 0 heterocycles. The van der Waals surface area contributed by atoms with Gasteiger partial charge >= 0.3 is 7.60 Å². The van der Waals surface area contributed by atoms with Crippen molar-refractivity contribution in [3.05, 3.63) is 29.8 Å². The molecule has 18 heavy (non-hydrogen) atoms. The highest BCUT2D eigenvalue weighted by atomic mass is 31.2. The van der Waals surface area contributed by atoms with Gasteiger partial charge in [-0.15, -0.1) is 0 Å². The molecule has 0 aliphatic heterocycles. The fourth-order valence-corrected chi connectivity index (χ4v) is 2.32. The fourth-order valence-electron chi connectivity index (χ4n) is 1.55. The lowest BCUT2D eigenvalue weighted by Gasteiger charge is -2.24. The van der Waals surface area contributed by atoms with Gasteiger partial charge in [0.15, 0.2) is 5.78 Å². The normalized spacial score (nSPS) is 12.3. The van der Waals surface area contributed by atoms with Crippen LogP contribution in [0.1, 0.15) is 19.4 Å². The van der Waals surface area contributed by atoms with Gasteiger partial charge in [-0.1, -0.05) is 12.1 Å². The molecule has 0 spiro atoms. The van der Waals surface area contributed by atoms with E-state index in [9.17, 15) is 9.36 Å². The largest absolute Gasteiger partial charge is 0.497 e. The molecule has 0 atom stereocenters. The second-order valence-electron chi connectivity index (χ2n) is 4.60. The Hall–Kier alpha value is -1.16. The molecule has 0 unspecified atom stereocenters. The molecular formula is C12H17O5P. The van der Waals surface area contributed by atoms with E-state index in [0.717, 1.165) is 0 Å². The Morgan fingerprint density at radius 3 is 2.17 bits per heavy atom. The number of Topliss-reactive ketones (excluding diaryl/α,β-unsaturated/α-hetero) is 1. The van der Waals surface area contributed by atoms with Crippen molar-refractivity contribution in [2.24, 2.45) is 0 Å². The lowest BCUT2D eigenvalue weighted by Crippen LogP contribution is -2.31. The van der Waals surface area contributed by atoms with Gasteiger partial charge in [0.1, 0.15) is 11.9 Å². The summed E-state index contributed by atoms with van der Waals surface area (Å²) in [6.45, 7) is 3.29. The summed E-state index contributed by atoms with van der Waals surface area (Å²) in [4.78, 5) is 29.6. The van der Waals surface area contributed by atoms with Crippen LogP contribution < -0.4 is 4.74 Å². The van der Waals surface area contributed by atoms with E-state index in [1.54, 1.807) is 45.2 Å². The van der Waals surface area contributed by atoms with Gasteiger partial charge in [0.25, 0.3) is 0 Å². The van der Waals surface area contributed by atoms with Gasteiger partial charge < -0.3 is 14.5 Å². The molecule has 1 rings (SSSR count). The summed E-state index contributed by atoms with van der Waals surface area (Å²) >= 11 is 0. The van der Waals surface area contributed by atoms with Crippen LogP contribution in [-0.4, -0.2) is 28.8 Å². The number of hydrogen-bond donors (Lipinski definition) is 2. The first-order chi connectivity index (χ1) is 8.16. The fraction of sp³-hybridized carbons (Fsp3) is 0.417. The van der Waals surface area contributed by atoms with Crippen LogP contribution in [0.4, 0.5) is 0 Å². The van der Waals surface area contributed by atoms with Gasteiger partial charge in [-0.3, -0.25) is 9.36 Å². The summed E-state index contributed by atoms with van der Waals surface area (Å²) in [6.07, 6.45) is -0.744. The van der Waals surface area contributed by atoms with Gasteiger partial charge in [-0.25, -0.2) is 0 Å². The van der Waals surface area contributed by atoms with E-state index in [2.05, 4.69) is 0 Å². The Kier molecular flexibility index (Phi) is 4.32. The number of carbonyl (C=O) groups is 1. The molecule has 1 aromatic carbocycles. The molecule has 0 radical (unpaired) electrons. The number of ether oxygens (including phenoxy) is 1. The average molecular weight is 272 g/mol. The van der Waals surface area contributed by atoms with Crippen molar-refractivity contribution < 1.29 is 23.9 Å². The first-order valence-corrected chi connectivity index (χ1v) is 7.19. The second-order valence-corrected chi connectivity index (χ2v) is 6.25. The van der Waals surface area contributed by atoms with Crippen LogP contribution >= 0.6 is 7.60 Å². The maximum Gasteiger partial charge on any atom is 0.332 e. The smallest absolute Gasteiger partial charge is 0.332 e. The average Bonchev–Trinajstić information content (AvgIpc) is 2.27. The molecule has 0 aromatic heterocycles. The summed E-state index contributed by atoms with van der Waals surface area (Å²) in [5.74, 6) is 0.179. The predicted octanol–water partition coefficient (Wildman–Crippen LogP) is 1.72. The summed E-state index contributed by atoms with van der Waals surface area (Å²) in [6, 6.07) is 6.86. The SMILES string of the molecule is COc1ccc(C(C)(C)C(=O)CP(=O)(O)O)cc1. The van der Waals surface area contributed by atoms with Crippen molar-refractivity contribution in [2.75, 3.05) is 13.3 Å². The first-order valence-electron chi connectivity index (χ1n) is 5.39. The number of benzene rings is 1. The molecule has 100 valence electrons. The van der Waals surface area contributed by atoms with E-state index in [0.29, 0.717) is 11.3 Å². The van der Waals surface area contributed by atoms with Crippen LogP contribution in [0.25, 0.3) is 0 Å². The van der Waals surface area contributed by atoms with Crippen molar-refractivity contribution in [1.29, 1.82) is 0 Å². The third kappa shape index (κ3) is 3.67. The van der Waals surface area contributed by atoms with E-state index in [1.165, 1.54) is 0 Å². The zero-order valence-corrected chi connectivity index (χ0v) is 11.5. The zero-order valence-electron chi connectivity index (χ0n) is 10.6. The van der Waals surface area contributed by atoms with Crippen LogP contribution in [0.5, 0.6) is 5.75 Å². The Balaban J connectivity index is 2.97. The first kappa shape index (κ1) is 14.9. The molecule has 0 saturated heterocycles. The minimum atomic E-state index is -4.33. The standard InChI is InChI=1S/C12H17O5P/c1-12(2,11(13)8-18(14,15)16)9-4-6-10(17-3)7-5-9/h4-7H,8H2,1-3H3,(H2,14,15,16). The monoisotopic (exact) mass is 272 g/mol. The molecule has 5 nitrogen and oxygen atoms in total. The van der Waals surface area contributed by atoms with Crippen molar-refractivity contribution in [2.45, 2.75) is 19.3 Å².